The van der Waals surface area contributed by atoms with E-state index in [2.05, 4.69) is 32.7 Å². The van der Waals surface area contributed by atoms with E-state index in [1.165, 1.54) is 0 Å². The number of aromatic nitrogens is 2. The van der Waals surface area contributed by atoms with Gasteiger partial charge in [0.25, 0.3) is 0 Å². The van der Waals surface area contributed by atoms with Gasteiger partial charge in [-0.15, -0.1) is 0 Å². The van der Waals surface area contributed by atoms with E-state index >= 15 is 0 Å². The van der Waals surface area contributed by atoms with E-state index in [0.717, 1.165) is 17.6 Å². The predicted molar refractivity (Wildman–Crippen MR) is 88.4 cm³/mol. The molecule has 2 aromatic rings. The van der Waals surface area contributed by atoms with Crippen molar-refractivity contribution in [3.05, 3.63) is 26.3 Å². The lowest BCUT2D eigenvalue weighted by atomic mass is 9.82. The van der Waals surface area contributed by atoms with Crippen LogP contribution in [0.1, 0.15) is 27.7 Å². The zero-order chi connectivity index (χ0) is 14.4. The number of hydrogen-bond donors (Lipinski definition) is 1. The number of benzene rings is 1. The first-order chi connectivity index (χ1) is 8.70. The summed E-state index contributed by atoms with van der Waals surface area (Å²) in [6, 6.07) is 3.37. The lowest BCUT2D eigenvalue weighted by Crippen LogP contribution is -2.22. The van der Waals surface area contributed by atoms with Crippen LogP contribution in [0, 0.1) is 25.5 Å². The number of imidazole rings is 1. The van der Waals surface area contributed by atoms with Gasteiger partial charge in [-0.05, 0) is 52.2 Å². The summed E-state index contributed by atoms with van der Waals surface area (Å²) in [6.07, 6.45) is 0. The Bertz CT molecular complexity index is 666. The van der Waals surface area contributed by atoms with Crippen LogP contribution in [0.15, 0.2) is 12.1 Å². The molecule has 0 aliphatic heterocycles. The Hall–Kier alpha value is -0.430. The van der Waals surface area contributed by atoms with Crippen LogP contribution in [0.4, 0.5) is 4.39 Å². The summed E-state index contributed by atoms with van der Waals surface area (Å²) in [5.41, 5.74) is 1.94. The summed E-state index contributed by atoms with van der Waals surface area (Å²) >= 11 is 7.36. The van der Waals surface area contributed by atoms with Crippen LogP contribution < -0.4 is 0 Å². The molecule has 0 aliphatic carbocycles. The molecule has 1 atom stereocenters. The maximum atomic E-state index is 13.7. The molecule has 104 valence electrons. The number of nitrogens with one attached hydrogen (secondary N) is 1. The van der Waals surface area contributed by atoms with Gasteiger partial charge in [-0.3, -0.25) is 0 Å². The van der Waals surface area contributed by atoms with Crippen LogP contribution in [-0.4, -0.2) is 9.55 Å². The molecular weight excluding hydrogens is 374 g/mol. The van der Waals surface area contributed by atoms with Gasteiger partial charge in [-0.25, -0.2) is 4.39 Å². The van der Waals surface area contributed by atoms with E-state index in [9.17, 15) is 4.39 Å². The van der Waals surface area contributed by atoms with Crippen LogP contribution in [0.5, 0.6) is 0 Å². The van der Waals surface area contributed by atoms with Gasteiger partial charge >= 0.3 is 0 Å². The fourth-order valence-electron chi connectivity index (χ4n) is 1.88. The average molecular weight is 392 g/mol. The molecule has 0 bridgehead atoms. The molecule has 1 aromatic carbocycles. The molecule has 0 saturated carbocycles. The summed E-state index contributed by atoms with van der Waals surface area (Å²) in [7, 11) is 0. The molecule has 0 radical (unpaired) electrons. The third kappa shape index (κ3) is 3.02. The van der Waals surface area contributed by atoms with Crippen molar-refractivity contribution in [1.29, 1.82) is 0 Å². The minimum absolute atomic E-state index is 0.195. The summed E-state index contributed by atoms with van der Waals surface area (Å²) in [6.45, 7) is 9.62. The fraction of sp³-hybridized carbons (Fsp3) is 0.500. The number of nitrogens with zero attached hydrogens (tertiary/aromatic N) is 1. The van der Waals surface area contributed by atoms with Gasteiger partial charge in [0, 0.05) is 12.6 Å². The van der Waals surface area contributed by atoms with E-state index in [1.807, 2.05) is 27.2 Å². The summed E-state index contributed by atoms with van der Waals surface area (Å²) in [5, 5.41) is 0. The molecule has 0 fully saturated rings. The number of rotatable bonds is 2. The van der Waals surface area contributed by atoms with Crippen LogP contribution >= 0.6 is 34.8 Å². The Morgan fingerprint density at radius 1 is 1.42 bits per heavy atom. The van der Waals surface area contributed by atoms with Gasteiger partial charge in [0.1, 0.15) is 5.82 Å². The molecule has 2 rings (SSSR count). The molecule has 1 heterocycles. The van der Waals surface area contributed by atoms with Crippen molar-refractivity contribution >= 4 is 45.8 Å². The molecule has 2 nitrogen and oxygen atoms in total. The van der Waals surface area contributed by atoms with E-state index in [0.29, 0.717) is 14.3 Å². The Morgan fingerprint density at radius 2 is 2.05 bits per heavy atom. The normalized spacial score (nSPS) is 14.0. The number of H-pyrrole nitrogens is 1. The zero-order valence-electron chi connectivity index (χ0n) is 11.6. The summed E-state index contributed by atoms with van der Waals surface area (Å²) in [5.74, 6) is 0.250. The number of hydrogen-bond acceptors (Lipinski definition) is 1. The van der Waals surface area contributed by atoms with E-state index in [-0.39, 0.29) is 11.2 Å². The molecule has 0 amide bonds. The molecule has 0 spiro atoms. The van der Waals surface area contributed by atoms with E-state index < -0.39 is 0 Å². The second-order valence-electron chi connectivity index (χ2n) is 6.09. The zero-order valence-corrected chi connectivity index (χ0v) is 14.5. The Labute approximate surface area is 131 Å². The third-order valence-electron chi connectivity index (χ3n) is 3.75. The van der Waals surface area contributed by atoms with Crippen LogP contribution in [0.2, 0.25) is 0 Å². The molecule has 0 saturated heterocycles. The first-order valence-electron chi connectivity index (χ1n) is 6.27. The van der Waals surface area contributed by atoms with Gasteiger partial charge in [-0.1, -0.05) is 27.7 Å². The van der Waals surface area contributed by atoms with E-state index in [4.69, 9.17) is 12.2 Å². The van der Waals surface area contributed by atoms with Crippen molar-refractivity contribution in [3.8, 4) is 0 Å². The maximum absolute atomic E-state index is 13.7. The molecule has 0 aliphatic rings. The molecule has 5 heteroatoms. The Balaban J connectivity index is 2.52. The van der Waals surface area contributed by atoms with Gasteiger partial charge in [0.2, 0.25) is 0 Å². The van der Waals surface area contributed by atoms with Gasteiger partial charge in [0.15, 0.2) is 4.77 Å². The van der Waals surface area contributed by atoms with Crippen molar-refractivity contribution in [1.82, 2.24) is 9.55 Å². The number of halogens is 2. The second-order valence-corrected chi connectivity index (χ2v) is 7.64. The minimum Gasteiger partial charge on any atom is -0.331 e. The summed E-state index contributed by atoms with van der Waals surface area (Å²) < 4.78 is 17.0. The second kappa shape index (κ2) is 5.16. The molecule has 1 unspecified atom stereocenters. The SMILES string of the molecule is CC(Cn1c(=S)[nH]c2cc(I)c(F)cc21)C(C)(C)C. The Kier molecular flexibility index (Phi) is 4.07. The topological polar surface area (TPSA) is 20.7 Å². The quantitative estimate of drug-likeness (QED) is 0.556. The monoisotopic (exact) mass is 392 g/mol. The highest BCUT2D eigenvalue weighted by molar-refractivity contribution is 14.1. The lowest BCUT2D eigenvalue weighted by molar-refractivity contribution is 0.234. The lowest BCUT2D eigenvalue weighted by Gasteiger charge is -2.27. The van der Waals surface area contributed by atoms with Crippen molar-refractivity contribution in [2.45, 2.75) is 34.2 Å². The standard InChI is InChI=1S/C14H18FIN2S/c1-8(14(2,3)4)7-18-12-5-9(15)10(16)6-11(12)17-13(18)19/h5-6,8H,7H2,1-4H3,(H,17,19). The Morgan fingerprint density at radius 3 is 2.63 bits per heavy atom. The largest absolute Gasteiger partial charge is 0.331 e. The molecule has 19 heavy (non-hydrogen) atoms. The highest BCUT2D eigenvalue weighted by Crippen LogP contribution is 2.29. The highest BCUT2D eigenvalue weighted by Gasteiger charge is 2.21. The van der Waals surface area contributed by atoms with Crippen molar-refractivity contribution < 1.29 is 4.39 Å². The predicted octanol–water partition coefficient (Wildman–Crippen LogP) is 5.12. The van der Waals surface area contributed by atoms with E-state index in [1.54, 1.807) is 12.1 Å². The smallest absolute Gasteiger partial charge is 0.178 e. The van der Waals surface area contributed by atoms with Crippen molar-refractivity contribution in [3.63, 3.8) is 0 Å². The van der Waals surface area contributed by atoms with Crippen LogP contribution in [0.3, 0.4) is 0 Å². The van der Waals surface area contributed by atoms with Gasteiger partial charge in [-0.2, -0.15) is 0 Å². The van der Waals surface area contributed by atoms with Crippen LogP contribution in [0.25, 0.3) is 11.0 Å². The average Bonchev–Trinajstić information content (AvgIpc) is 2.55. The first kappa shape index (κ1) is 15.0. The molecule has 1 aromatic heterocycles. The third-order valence-corrected chi connectivity index (χ3v) is 4.90. The van der Waals surface area contributed by atoms with Crippen LogP contribution in [-0.2, 0) is 6.54 Å². The van der Waals surface area contributed by atoms with Gasteiger partial charge in [0.05, 0.1) is 14.6 Å². The molecular formula is C14H18FIN2S. The van der Waals surface area contributed by atoms with Crippen molar-refractivity contribution in [2.75, 3.05) is 0 Å². The first-order valence-corrected chi connectivity index (χ1v) is 7.76. The number of aromatic amines is 1. The highest BCUT2D eigenvalue weighted by atomic mass is 127. The minimum atomic E-state index is -0.195. The number of fused-ring (bicyclic) bond motifs is 1. The maximum Gasteiger partial charge on any atom is 0.178 e. The summed E-state index contributed by atoms with van der Waals surface area (Å²) in [4.78, 5) is 3.16. The van der Waals surface area contributed by atoms with Crippen molar-refractivity contribution in [2.24, 2.45) is 11.3 Å². The fourth-order valence-corrected chi connectivity index (χ4v) is 2.63. The molecule has 1 N–H and O–H groups in total. The van der Waals surface area contributed by atoms with Gasteiger partial charge < -0.3 is 9.55 Å².